The summed E-state index contributed by atoms with van der Waals surface area (Å²) in [6, 6.07) is 18.7. The molecule has 0 unspecified atom stereocenters. The number of nitrogens with one attached hydrogen (secondary N) is 1. The quantitative estimate of drug-likeness (QED) is 0.491. The number of ether oxygens (including phenoxy) is 1. The monoisotopic (exact) mass is 472 g/mol. The Bertz CT molecular complexity index is 1250. The number of anilines is 2. The summed E-state index contributed by atoms with van der Waals surface area (Å²) in [6.45, 7) is 0.874. The van der Waals surface area contributed by atoms with Crippen LogP contribution in [0.1, 0.15) is 17.3 Å². The Labute approximate surface area is 191 Å². The molecule has 0 fully saturated rings. The van der Waals surface area contributed by atoms with Gasteiger partial charge in [-0.3, -0.25) is 13.9 Å². The molecule has 3 rings (SSSR count). The summed E-state index contributed by atoms with van der Waals surface area (Å²) >= 11 is 6.12. The van der Waals surface area contributed by atoms with Gasteiger partial charge in [0.15, 0.2) is 5.78 Å². The maximum atomic E-state index is 13.4. The van der Waals surface area contributed by atoms with E-state index in [1.165, 1.54) is 44.4 Å². The van der Waals surface area contributed by atoms with Crippen LogP contribution in [0.25, 0.3) is 0 Å². The highest BCUT2D eigenvalue weighted by Gasteiger charge is 2.29. The minimum Gasteiger partial charge on any atom is -0.495 e. The van der Waals surface area contributed by atoms with E-state index in [1.54, 1.807) is 42.5 Å². The smallest absolute Gasteiger partial charge is 0.264 e. The highest BCUT2D eigenvalue weighted by atomic mass is 35.5. The molecule has 0 saturated heterocycles. The first-order valence-corrected chi connectivity index (χ1v) is 11.4. The van der Waals surface area contributed by atoms with E-state index < -0.39 is 22.5 Å². The minimum absolute atomic E-state index is 0.00778. The number of rotatable bonds is 8. The van der Waals surface area contributed by atoms with Crippen LogP contribution >= 0.6 is 11.6 Å². The molecule has 0 spiro atoms. The van der Waals surface area contributed by atoms with Crippen molar-refractivity contribution in [3.8, 4) is 5.75 Å². The van der Waals surface area contributed by atoms with Gasteiger partial charge in [-0.2, -0.15) is 0 Å². The third kappa shape index (κ3) is 5.27. The molecule has 0 aliphatic carbocycles. The van der Waals surface area contributed by atoms with Gasteiger partial charge in [0.2, 0.25) is 5.91 Å². The molecule has 0 radical (unpaired) electrons. The molecule has 0 atom stereocenters. The van der Waals surface area contributed by atoms with E-state index in [2.05, 4.69) is 5.32 Å². The molecule has 1 N–H and O–H groups in total. The molecule has 3 aromatic carbocycles. The highest BCUT2D eigenvalue weighted by molar-refractivity contribution is 7.92. The van der Waals surface area contributed by atoms with E-state index >= 15 is 0 Å². The van der Waals surface area contributed by atoms with Crippen LogP contribution in [-0.2, 0) is 14.8 Å². The van der Waals surface area contributed by atoms with Crippen molar-refractivity contribution in [2.75, 3.05) is 23.3 Å². The average molecular weight is 473 g/mol. The van der Waals surface area contributed by atoms with Crippen molar-refractivity contribution in [2.45, 2.75) is 11.8 Å². The van der Waals surface area contributed by atoms with Gasteiger partial charge in [0.05, 0.1) is 17.7 Å². The highest BCUT2D eigenvalue weighted by Crippen LogP contribution is 2.34. The van der Waals surface area contributed by atoms with Crippen molar-refractivity contribution in [1.29, 1.82) is 0 Å². The number of hydrogen-bond acceptors (Lipinski definition) is 5. The van der Waals surface area contributed by atoms with E-state index in [4.69, 9.17) is 16.3 Å². The fourth-order valence-electron chi connectivity index (χ4n) is 3.02. The topological polar surface area (TPSA) is 92.8 Å². The van der Waals surface area contributed by atoms with Gasteiger partial charge in [0.25, 0.3) is 10.0 Å². The van der Waals surface area contributed by atoms with Gasteiger partial charge >= 0.3 is 0 Å². The van der Waals surface area contributed by atoms with Crippen molar-refractivity contribution < 1.29 is 22.7 Å². The molecule has 0 heterocycles. The molecule has 0 bridgehead atoms. The first-order chi connectivity index (χ1) is 15.2. The fraction of sp³-hybridized carbons (Fsp3) is 0.130. The summed E-state index contributed by atoms with van der Waals surface area (Å²) in [5.41, 5.74) is 0.919. The van der Waals surface area contributed by atoms with E-state index in [0.29, 0.717) is 11.3 Å². The Morgan fingerprint density at radius 3 is 2.38 bits per heavy atom. The van der Waals surface area contributed by atoms with Crippen molar-refractivity contribution in [1.82, 2.24) is 0 Å². The summed E-state index contributed by atoms with van der Waals surface area (Å²) in [6.07, 6.45) is 0. The maximum absolute atomic E-state index is 13.4. The molecule has 0 aliphatic rings. The third-order valence-corrected chi connectivity index (χ3v) is 6.59. The van der Waals surface area contributed by atoms with Crippen LogP contribution in [0.2, 0.25) is 5.02 Å². The van der Waals surface area contributed by atoms with Crippen LogP contribution in [0.3, 0.4) is 0 Å². The summed E-state index contributed by atoms with van der Waals surface area (Å²) < 4.78 is 33.2. The molecule has 9 heteroatoms. The lowest BCUT2D eigenvalue weighted by atomic mass is 10.1. The normalized spacial score (nSPS) is 11.0. The lowest BCUT2D eigenvalue weighted by molar-refractivity contribution is -0.114. The lowest BCUT2D eigenvalue weighted by Crippen LogP contribution is -2.38. The van der Waals surface area contributed by atoms with E-state index in [-0.39, 0.29) is 27.1 Å². The van der Waals surface area contributed by atoms with Crippen LogP contribution in [0.15, 0.2) is 77.7 Å². The van der Waals surface area contributed by atoms with Crippen molar-refractivity contribution >= 4 is 44.7 Å². The number of hydrogen-bond donors (Lipinski definition) is 1. The first-order valence-electron chi connectivity index (χ1n) is 9.54. The molecule has 0 aliphatic heterocycles. The summed E-state index contributed by atoms with van der Waals surface area (Å²) in [4.78, 5) is 24.5. The zero-order valence-electron chi connectivity index (χ0n) is 17.4. The summed E-state index contributed by atoms with van der Waals surface area (Å²) in [7, 11) is -2.74. The number of ketones is 1. The Morgan fingerprint density at radius 2 is 1.72 bits per heavy atom. The van der Waals surface area contributed by atoms with Crippen molar-refractivity contribution in [3.63, 3.8) is 0 Å². The molecule has 166 valence electrons. The molecule has 1 amide bonds. The lowest BCUT2D eigenvalue weighted by Gasteiger charge is -2.26. The van der Waals surface area contributed by atoms with Crippen molar-refractivity contribution in [3.05, 3.63) is 83.4 Å². The standard InChI is InChI=1S/C23H21ClN2O5S/c1-16(27)17-7-6-8-19(13-17)25-23(28)15-26(21-14-18(24)11-12-22(21)31-2)32(29,30)20-9-4-3-5-10-20/h3-14H,15H2,1-2H3,(H,25,28). The van der Waals surface area contributed by atoms with Gasteiger partial charge in [-0.25, -0.2) is 8.42 Å². The van der Waals surface area contributed by atoms with Crippen molar-refractivity contribution in [2.24, 2.45) is 0 Å². The average Bonchev–Trinajstić information content (AvgIpc) is 2.78. The Morgan fingerprint density at radius 1 is 1.00 bits per heavy atom. The van der Waals surface area contributed by atoms with Gasteiger partial charge in [0, 0.05) is 16.3 Å². The maximum Gasteiger partial charge on any atom is 0.264 e. The summed E-state index contributed by atoms with van der Waals surface area (Å²) in [5.74, 6) is -0.523. The number of benzene rings is 3. The van der Waals surface area contributed by atoms with Crippen LogP contribution in [-0.4, -0.2) is 33.8 Å². The largest absolute Gasteiger partial charge is 0.495 e. The van der Waals surface area contributed by atoms with E-state index in [1.807, 2.05) is 0 Å². The fourth-order valence-corrected chi connectivity index (χ4v) is 4.63. The predicted molar refractivity (Wildman–Crippen MR) is 124 cm³/mol. The number of nitrogens with zero attached hydrogens (tertiary/aromatic N) is 1. The first kappa shape index (κ1) is 23.3. The van der Waals surface area contributed by atoms with Gasteiger partial charge < -0.3 is 10.1 Å². The number of methoxy groups -OCH3 is 1. The number of amides is 1. The van der Waals surface area contributed by atoms with Crippen LogP contribution < -0.4 is 14.4 Å². The molecule has 0 aromatic heterocycles. The van der Waals surface area contributed by atoms with Crippen LogP contribution in [0, 0.1) is 0 Å². The Hall–Kier alpha value is -3.36. The third-order valence-electron chi connectivity index (χ3n) is 4.58. The molecule has 32 heavy (non-hydrogen) atoms. The minimum atomic E-state index is -4.13. The number of carbonyl (C=O) groups excluding carboxylic acids is 2. The molecular weight excluding hydrogens is 452 g/mol. The van der Waals surface area contributed by atoms with Crippen LogP contribution in [0.4, 0.5) is 11.4 Å². The number of carbonyl (C=O) groups is 2. The Balaban J connectivity index is 2.00. The molecule has 7 nitrogen and oxygen atoms in total. The number of halogens is 1. The molecule has 3 aromatic rings. The summed E-state index contributed by atoms with van der Waals surface area (Å²) in [5, 5.41) is 2.92. The van der Waals surface area contributed by atoms with Gasteiger partial charge in [-0.15, -0.1) is 0 Å². The van der Waals surface area contributed by atoms with E-state index in [0.717, 1.165) is 4.31 Å². The predicted octanol–water partition coefficient (Wildman–Crippen LogP) is 4.39. The van der Waals surface area contributed by atoms with Crippen LogP contribution in [0.5, 0.6) is 5.75 Å². The Kier molecular flexibility index (Phi) is 7.17. The number of Topliss-reactive ketones (excluding diaryl/α,β-unsaturated/α-hetero) is 1. The number of sulfonamides is 1. The second-order valence-electron chi connectivity index (χ2n) is 6.83. The van der Waals surface area contributed by atoms with Gasteiger partial charge in [-0.05, 0) is 49.4 Å². The molecule has 0 saturated carbocycles. The SMILES string of the molecule is COc1ccc(Cl)cc1N(CC(=O)Nc1cccc(C(C)=O)c1)S(=O)(=O)c1ccccc1. The second-order valence-corrected chi connectivity index (χ2v) is 9.12. The van der Waals surface area contributed by atoms with E-state index in [9.17, 15) is 18.0 Å². The second kappa shape index (κ2) is 9.84. The zero-order chi connectivity index (χ0) is 23.3. The van der Waals surface area contributed by atoms with Gasteiger partial charge in [-0.1, -0.05) is 41.9 Å². The molecular formula is C23H21ClN2O5S. The van der Waals surface area contributed by atoms with Gasteiger partial charge in [0.1, 0.15) is 12.3 Å². The zero-order valence-corrected chi connectivity index (χ0v) is 19.0.